The molecule has 2 rings (SSSR count). The molecule has 1 fully saturated rings. The second-order valence-corrected chi connectivity index (χ2v) is 7.32. The minimum absolute atomic E-state index is 0.0971. The van der Waals surface area contributed by atoms with E-state index in [4.69, 9.17) is 4.74 Å². The lowest BCUT2D eigenvalue weighted by Gasteiger charge is -2.28. The number of aromatic nitrogens is 1. The summed E-state index contributed by atoms with van der Waals surface area (Å²) in [6, 6.07) is 3.71. The molecule has 1 aliphatic rings. The van der Waals surface area contributed by atoms with Crippen LogP contribution in [0.25, 0.3) is 0 Å². The first-order valence-electron chi connectivity index (χ1n) is 6.67. The zero-order valence-corrected chi connectivity index (χ0v) is 12.7. The molecule has 7 heteroatoms. The number of rotatable bonds is 5. The number of pyridine rings is 1. The van der Waals surface area contributed by atoms with Crippen molar-refractivity contribution in [1.82, 2.24) is 4.98 Å². The fourth-order valence-electron chi connectivity index (χ4n) is 2.23. The molecule has 1 saturated heterocycles. The van der Waals surface area contributed by atoms with Gasteiger partial charge in [0.25, 0.3) is 0 Å². The van der Waals surface area contributed by atoms with E-state index in [2.05, 4.69) is 15.2 Å². The predicted octanol–water partition coefficient (Wildman–Crippen LogP) is 0.763. The molecule has 1 aliphatic heterocycles. The third-order valence-electron chi connectivity index (χ3n) is 3.07. The highest BCUT2D eigenvalue weighted by molar-refractivity contribution is 7.90. The average molecular weight is 299 g/mol. The van der Waals surface area contributed by atoms with E-state index in [0.717, 1.165) is 32.0 Å². The maximum absolute atomic E-state index is 11.2. The van der Waals surface area contributed by atoms with Crippen LogP contribution < -0.4 is 10.2 Å². The number of morpholine rings is 1. The topological polar surface area (TPSA) is 71.5 Å². The SMILES string of the molecule is CC(CS(C)(=O)=O)Nc1ccc(N2CCOCC2)cn1. The van der Waals surface area contributed by atoms with Crippen molar-refractivity contribution in [3.05, 3.63) is 18.3 Å². The average Bonchev–Trinajstić information content (AvgIpc) is 2.38. The number of sulfone groups is 1. The Morgan fingerprint density at radius 1 is 1.40 bits per heavy atom. The smallest absolute Gasteiger partial charge is 0.149 e. The summed E-state index contributed by atoms with van der Waals surface area (Å²) in [6.07, 6.45) is 3.04. The standard InChI is InChI=1S/C13H21N3O3S/c1-11(10-20(2,17)18)15-13-4-3-12(9-14-13)16-5-7-19-8-6-16/h3-4,9,11H,5-8,10H2,1-2H3,(H,14,15). The number of nitrogens with one attached hydrogen (secondary N) is 1. The maximum atomic E-state index is 11.2. The van der Waals surface area contributed by atoms with Gasteiger partial charge < -0.3 is 15.0 Å². The van der Waals surface area contributed by atoms with Gasteiger partial charge in [0, 0.05) is 25.4 Å². The molecule has 1 aromatic heterocycles. The van der Waals surface area contributed by atoms with E-state index in [1.165, 1.54) is 6.26 Å². The Morgan fingerprint density at radius 2 is 2.10 bits per heavy atom. The van der Waals surface area contributed by atoms with Crippen molar-refractivity contribution < 1.29 is 13.2 Å². The van der Waals surface area contributed by atoms with Gasteiger partial charge in [-0.2, -0.15) is 0 Å². The van der Waals surface area contributed by atoms with Crippen molar-refractivity contribution in [2.24, 2.45) is 0 Å². The Labute approximate surface area is 120 Å². The third-order valence-corrected chi connectivity index (χ3v) is 4.18. The zero-order chi connectivity index (χ0) is 14.6. The number of ether oxygens (including phenoxy) is 1. The Kier molecular flexibility index (Phi) is 4.82. The van der Waals surface area contributed by atoms with Crippen LogP contribution in [0.15, 0.2) is 18.3 Å². The summed E-state index contributed by atoms with van der Waals surface area (Å²) in [5.41, 5.74) is 1.06. The third kappa shape index (κ3) is 4.64. The molecule has 1 atom stereocenters. The van der Waals surface area contributed by atoms with Gasteiger partial charge in [-0.25, -0.2) is 13.4 Å². The summed E-state index contributed by atoms with van der Waals surface area (Å²) in [7, 11) is -2.98. The van der Waals surface area contributed by atoms with Gasteiger partial charge in [-0.05, 0) is 19.1 Å². The summed E-state index contributed by atoms with van der Waals surface area (Å²) in [5, 5.41) is 3.10. The molecule has 20 heavy (non-hydrogen) atoms. The summed E-state index contributed by atoms with van der Waals surface area (Å²) >= 11 is 0. The normalized spacial score (nSPS) is 17.8. The molecule has 6 nitrogen and oxygen atoms in total. The van der Waals surface area contributed by atoms with Gasteiger partial charge in [-0.1, -0.05) is 0 Å². The quantitative estimate of drug-likeness (QED) is 0.865. The molecule has 1 N–H and O–H groups in total. The van der Waals surface area contributed by atoms with Crippen molar-refractivity contribution >= 4 is 21.3 Å². The summed E-state index contributed by atoms with van der Waals surface area (Å²) in [5.74, 6) is 0.790. The highest BCUT2D eigenvalue weighted by Crippen LogP contribution is 2.16. The summed E-state index contributed by atoms with van der Waals surface area (Å²) in [4.78, 5) is 6.56. The lowest BCUT2D eigenvalue weighted by atomic mass is 10.3. The monoisotopic (exact) mass is 299 g/mol. The fourth-order valence-corrected chi connectivity index (χ4v) is 3.22. The van der Waals surface area contributed by atoms with Crippen LogP contribution in [-0.2, 0) is 14.6 Å². The van der Waals surface area contributed by atoms with Crippen molar-refractivity contribution in [1.29, 1.82) is 0 Å². The minimum atomic E-state index is -2.98. The lowest BCUT2D eigenvalue weighted by Crippen LogP contribution is -2.36. The maximum Gasteiger partial charge on any atom is 0.149 e. The van der Waals surface area contributed by atoms with Gasteiger partial charge in [-0.3, -0.25) is 0 Å². The van der Waals surface area contributed by atoms with Crippen LogP contribution in [0, 0.1) is 0 Å². The molecule has 0 aliphatic carbocycles. The molecule has 0 amide bonds. The molecule has 112 valence electrons. The van der Waals surface area contributed by atoms with Gasteiger partial charge >= 0.3 is 0 Å². The van der Waals surface area contributed by atoms with Crippen LogP contribution in [0.5, 0.6) is 0 Å². The van der Waals surface area contributed by atoms with Crippen LogP contribution in [0.2, 0.25) is 0 Å². The number of nitrogens with zero attached hydrogens (tertiary/aromatic N) is 2. The van der Waals surface area contributed by atoms with Gasteiger partial charge in [0.05, 0.1) is 30.9 Å². The van der Waals surface area contributed by atoms with E-state index in [9.17, 15) is 8.42 Å². The highest BCUT2D eigenvalue weighted by Gasteiger charge is 2.13. The molecule has 0 spiro atoms. The first kappa shape index (κ1) is 15.1. The van der Waals surface area contributed by atoms with Crippen molar-refractivity contribution in [3.63, 3.8) is 0 Å². The molecule has 0 radical (unpaired) electrons. The second-order valence-electron chi connectivity index (χ2n) is 5.14. The van der Waals surface area contributed by atoms with Crippen molar-refractivity contribution in [2.45, 2.75) is 13.0 Å². The lowest BCUT2D eigenvalue weighted by molar-refractivity contribution is 0.122. The Morgan fingerprint density at radius 3 is 2.65 bits per heavy atom. The van der Waals surface area contributed by atoms with Gasteiger partial charge in [0.2, 0.25) is 0 Å². The molecular formula is C13H21N3O3S. The molecule has 0 bridgehead atoms. The number of anilines is 2. The summed E-state index contributed by atoms with van der Waals surface area (Å²) < 4.78 is 27.7. The molecule has 2 heterocycles. The van der Waals surface area contributed by atoms with E-state index >= 15 is 0 Å². The molecule has 0 saturated carbocycles. The summed E-state index contributed by atoms with van der Waals surface area (Å²) in [6.45, 7) is 5.06. The number of hydrogen-bond donors (Lipinski definition) is 1. The van der Waals surface area contributed by atoms with Crippen LogP contribution in [-0.4, -0.2) is 57.8 Å². The van der Waals surface area contributed by atoms with Crippen LogP contribution >= 0.6 is 0 Å². The Balaban J connectivity index is 1.94. The van der Waals surface area contributed by atoms with E-state index in [0.29, 0.717) is 5.82 Å². The largest absolute Gasteiger partial charge is 0.378 e. The minimum Gasteiger partial charge on any atom is -0.378 e. The Hall–Kier alpha value is -1.34. The molecule has 0 aromatic carbocycles. The Bertz CT molecular complexity index is 524. The molecule has 1 aromatic rings. The second kappa shape index (κ2) is 6.41. The van der Waals surface area contributed by atoms with Gasteiger partial charge in [0.15, 0.2) is 0 Å². The molecular weight excluding hydrogens is 278 g/mol. The van der Waals surface area contributed by atoms with Crippen LogP contribution in [0.3, 0.4) is 0 Å². The van der Waals surface area contributed by atoms with Crippen molar-refractivity contribution in [3.8, 4) is 0 Å². The first-order chi connectivity index (χ1) is 9.44. The molecule has 1 unspecified atom stereocenters. The van der Waals surface area contributed by atoms with Gasteiger partial charge in [-0.15, -0.1) is 0 Å². The van der Waals surface area contributed by atoms with E-state index in [1.54, 1.807) is 6.20 Å². The van der Waals surface area contributed by atoms with Gasteiger partial charge in [0.1, 0.15) is 15.7 Å². The van der Waals surface area contributed by atoms with Crippen LogP contribution in [0.1, 0.15) is 6.92 Å². The zero-order valence-electron chi connectivity index (χ0n) is 11.9. The van der Waals surface area contributed by atoms with Crippen LogP contribution in [0.4, 0.5) is 11.5 Å². The fraction of sp³-hybridized carbons (Fsp3) is 0.615. The first-order valence-corrected chi connectivity index (χ1v) is 8.73. The van der Waals surface area contributed by atoms with E-state index in [1.807, 2.05) is 19.1 Å². The van der Waals surface area contributed by atoms with E-state index < -0.39 is 9.84 Å². The highest BCUT2D eigenvalue weighted by atomic mass is 32.2. The van der Waals surface area contributed by atoms with E-state index in [-0.39, 0.29) is 11.8 Å². The predicted molar refractivity (Wildman–Crippen MR) is 80.1 cm³/mol. The van der Waals surface area contributed by atoms with Crippen molar-refractivity contribution in [2.75, 3.05) is 48.5 Å². The number of hydrogen-bond acceptors (Lipinski definition) is 6.